The van der Waals surface area contributed by atoms with E-state index in [0.717, 1.165) is 16.9 Å². The van der Waals surface area contributed by atoms with Gasteiger partial charge in [-0.2, -0.15) is 0 Å². The molecular formula is C12H19NO3S. The van der Waals surface area contributed by atoms with Gasteiger partial charge in [0, 0.05) is 0 Å². The Bertz CT molecular complexity index is 448. The van der Waals surface area contributed by atoms with E-state index in [0.29, 0.717) is 19.4 Å². The number of ether oxygens (including phenoxy) is 1. The van der Waals surface area contributed by atoms with Gasteiger partial charge in [0.25, 0.3) is 0 Å². The molecule has 5 heteroatoms. The molecule has 0 saturated carbocycles. The van der Waals surface area contributed by atoms with Gasteiger partial charge in [-0.05, 0) is 49.9 Å². The van der Waals surface area contributed by atoms with Crippen LogP contribution in [-0.4, -0.2) is 20.8 Å². The monoisotopic (exact) mass is 257 g/mol. The number of hydrogen-bond donors (Lipinski definition) is 1. The number of rotatable bonds is 6. The van der Waals surface area contributed by atoms with Crippen molar-refractivity contribution in [1.29, 1.82) is 0 Å². The number of unbranched alkanes of at least 4 members (excludes halogenated alkanes) is 1. The van der Waals surface area contributed by atoms with Gasteiger partial charge in [0.1, 0.15) is 5.75 Å². The number of aryl methyl sites for hydroxylation is 2. The van der Waals surface area contributed by atoms with Crippen LogP contribution in [0.3, 0.4) is 0 Å². The van der Waals surface area contributed by atoms with Crippen LogP contribution in [0.25, 0.3) is 0 Å². The molecule has 0 heterocycles. The summed E-state index contributed by atoms with van der Waals surface area (Å²) in [5.41, 5.74) is 2.31. The number of sulfonamides is 1. The fraction of sp³-hybridized carbons (Fsp3) is 0.500. The Morgan fingerprint density at radius 2 is 1.71 bits per heavy atom. The summed E-state index contributed by atoms with van der Waals surface area (Å²) in [5, 5.41) is 4.90. The standard InChI is InChI=1S/C12H19NO3S/c1-10-7-11(2)9-12(8-10)16-5-3-4-6-17(13,14)15/h7-9H,3-6H2,1-2H3,(H2,13,14,15). The van der Waals surface area contributed by atoms with Gasteiger partial charge in [0.2, 0.25) is 10.0 Å². The molecule has 0 aliphatic carbocycles. The van der Waals surface area contributed by atoms with Crippen molar-refractivity contribution in [2.75, 3.05) is 12.4 Å². The van der Waals surface area contributed by atoms with E-state index in [1.807, 2.05) is 26.0 Å². The van der Waals surface area contributed by atoms with Crippen molar-refractivity contribution in [3.8, 4) is 5.75 Å². The van der Waals surface area contributed by atoms with Gasteiger partial charge in [-0.3, -0.25) is 0 Å². The lowest BCUT2D eigenvalue weighted by atomic mass is 10.1. The molecule has 1 aromatic carbocycles. The third kappa shape index (κ3) is 6.28. The summed E-state index contributed by atoms with van der Waals surface area (Å²) in [4.78, 5) is 0. The summed E-state index contributed by atoms with van der Waals surface area (Å²) in [6.45, 7) is 4.54. The van der Waals surface area contributed by atoms with Gasteiger partial charge in [-0.1, -0.05) is 6.07 Å². The summed E-state index contributed by atoms with van der Waals surface area (Å²) in [6.07, 6.45) is 1.22. The molecule has 0 radical (unpaired) electrons. The van der Waals surface area contributed by atoms with Crippen LogP contribution < -0.4 is 9.88 Å². The molecule has 0 bridgehead atoms. The molecule has 17 heavy (non-hydrogen) atoms. The highest BCUT2D eigenvalue weighted by atomic mass is 32.2. The van der Waals surface area contributed by atoms with E-state index < -0.39 is 10.0 Å². The Hall–Kier alpha value is -1.07. The van der Waals surface area contributed by atoms with E-state index >= 15 is 0 Å². The Balaban J connectivity index is 2.31. The molecule has 1 aromatic rings. The Kier molecular flexibility index (Phi) is 4.96. The molecule has 1 rings (SSSR count). The molecule has 0 fully saturated rings. The average Bonchev–Trinajstić information content (AvgIpc) is 2.13. The fourth-order valence-electron chi connectivity index (χ4n) is 1.61. The second kappa shape index (κ2) is 6.02. The van der Waals surface area contributed by atoms with Crippen molar-refractivity contribution in [2.45, 2.75) is 26.7 Å². The molecular weight excluding hydrogens is 238 g/mol. The van der Waals surface area contributed by atoms with E-state index in [9.17, 15) is 8.42 Å². The normalized spacial score (nSPS) is 11.5. The van der Waals surface area contributed by atoms with Crippen molar-refractivity contribution in [1.82, 2.24) is 0 Å². The molecule has 0 spiro atoms. The maximum Gasteiger partial charge on any atom is 0.209 e. The smallest absolute Gasteiger partial charge is 0.209 e. The van der Waals surface area contributed by atoms with E-state index in [1.165, 1.54) is 0 Å². The second-order valence-corrected chi connectivity index (χ2v) is 5.98. The highest BCUT2D eigenvalue weighted by Crippen LogP contribution is 2.16. The summed E-state index contributed by atoms with van der Waals surface area (Å²) in [6, 6.07) is 6.01. The van der Waals surface area contributed by atoms with Crippen molar-refractivity contribution in [2.24, 2.45) is 5.14 Å². The average molecular weight is 257 g/mol. The summed E-state index contributed by atoms with van der Waals surface area (Å²) in [7, 11) is -3.34. The topological polar surface area (TPSA) is 69.4 Å². The fourth-order valence-corrected chi connectivity index (χ4v) is 2.22. The van der Waals surface area contributed by atoms with E-state index in [1.54, 1.807) is 0 Å². The van der Waals surface area contributed by atoms with Gasteiger partial charge in [0.15, 0.2) is 0 Å². The van der Waals surface area contributed by atoms with Crippen LogP contribution in [0.15, 0.2) is 18.2 Å². The first-order valence-corrected chi connectivity index (χ1v) is 7.30. The Morgan fingerprint density at radius 3 is 2.24 bits per heavy atom. The lowest BCUT2D eigenvalue weighted by Gasteiger charge is -2.07. The maximum absolute atomic E-state index is 10.7. The largest absolute Gasteiger partial charge is 0.494 e. The van der Waals surface area contributed by atoms with E-state index in [2.05, 4.69) is 6.07 Å². The van der Waals surface area contributed by atoms with Gasteiger partial charge < -0.3 is 4.74 Å². The van der Waals surface area contributed by atoms with Crippen LogP contribution >= 0.6 is 0 Å². The zero-order valence-electron chi connectivity index (χ0n) is 10.3. The molecule has 0 aliphatic heterocycles. The van der Waals surface area contributed by atoms with E-state index in [-0.39, 0.29) is 5.75 Å². The molecule has 4 nitrogen and oxygen atoms in total. The number of benzene rings is 1. The first-order chi connectivity index (χ1) is 7.87. The minimum atomic E-state index is -3.34. The lowest BCUT2D eigenvalue weighted by molar-refractivity contribution is 0.309. The predicted octanol–water partition coefficient (Wildman–Crippen LogP) is 1.75. The molecule has 96 valence electrons. The lowest BCUT2D eigenvalue weighted by Crippen LogP contribution is -2.16. The molecule has 0 unspecified atom stereocenters. The van der Waals surface area contributed by atoms with Crippen LogP contribution in [0.2, 0.25) is 0 Å². The first kappa shape index (κ1) is 14.0. The van der Waals surface area contributed by atoms with Crippen LogP contribution in [0.4, 0.5) is 0 Å². The number of nitrogens with two attached hydrogens (primary N) is 1. The van der Waals surface area contributed by atoms with E-state index in [4.69, 9.17) is 9.88 Å². The third-order valence-electron chi connectivity index (χ3n) is 2.29. The molecule has 2 N–H and O–H groups in total. The molecule has 0 atom stereocenters. The summed E-state index contributed by atoms with van der Waals surface area (Å²) >= 11 is 0. The number of primary sulfonamides is 1. The van der Waals surface area contributed by atoms with Crippen molar-refractivity contribution >= 4 is 10.0 Å². The van der Waals surface area contributed by atoms with Gasteiger partial charge in [-0.25, -0.2) is 13.6 Å². The van der Waals surface area contributed by atoms with Crippen LogP contribution in [-0.2, 0) is 10.0 Å². The molecule has 0 amide bonds. The summed E-state index contributed by atoms with van der Waals surface area (Å²) in [5.74, 6) is 0.849. The quantitative estimate of drug-likeness (QED) is 0.789. The van der Waals surface area contributed by atoms with Gasteiger partial charge in [0.05, 0.1) is 12.4 Å². The number of hydrogen-bond acceptors (Lipinski definition) is 3. The zero-order valence-corrected chi connectivity index (χ0v) is 11.1. The summed E-state index contributed by atoms with van der Waals surface area (Å²) < 4.78 is 26.9. The third-order valence-corrected chi connectivity index (χ3v) is 3.14. The zero-order chi connectivity index (χ0) is 12.9. The highest BCUT2D eigenvalue weighted by molar-refractivity contribution is 7.89. The maximum atomic E-state index is 10.7. The van der Waals surface area contributed by atoms with Crippen molar-refractivity contribution in [3.05, 3.63) is 29.3 Å². The predicted molar refractivity (Wildman–Crippen MR) is 68.6 cm³/mol. The van der Waals surface area contributed by atoms with Crippen molar-refractivity contribution in [3.63, 3.8) is 0 Å². The van der Waals surface area contributed by atoms with Crippen LogP contribution in [0.5, 0.6) is 5.75 Å². The molecule has 0 aromatic heterocycles. The first-order valence-electron chi connectivity index (χ1n) is 5.58. The molecule has 0 saturated heterocycles. The van der Waals surface area contributed by atoms with Crippen LogP contribution in [0, 0.1) is 13.8 Å². The van der Waals surface area contributed by atoms with Gasteiger partial charge in [-0.15, -0.1) is 0 Å². The Morgan fingerprint density at radius 1 is 1.12 bits per heavy atom. The second-order valence-electron chi connectivity index (χ2n) is 4.25. The van der Waals surface area contributed by atoms with Gasteiger partial charge >= 0.3 is 0 Å². The van der Waals surface area contributed by atoms with Crippen LogP contribution in [0.1, 0.15) is 24.0 Å². The SMILES string of the molecule is Cc1cc(C)cc(OCCCCS(N)(=O)=O)c1. The van der Waals surface area contributed by atoms with Crippen molar-refractivity contribution < 1.29 is 13.2 Å². The highest BCUT2D eigenvalue weighted by Gasteiger charge is 2.02. The Labute approximate surface area is 103 Å². The molecule has 0 aliphatic rings. The minimum Gasteiger partial charge on any atom is -0.494 e. The minimum absolute atomic E-state index is 0.0171.